The molecule has 0 fully saturated rings. The van der Waals surface area contributed by atoms with Crippen molar-refractivity contribution in [1.29, 1.82) is 0 Å². The van der Waals surface area contributed by atoms with E-state index in [1.54, 1.807) is 29.3 Å². The van der Waals surface area contributed by atoms with Gasteiger partial charge in [0.15, 0.2) is 0 Å². The van der Waals surface area contributed by atoms with E-state index in [1.807, 2.05) is 42.4 Å². The highest BCUT2D eigenvalue weighted by atomic mass is 32.1. The first-order valence-electron chi connectivity index (χ1n) is 8.48. The van der Waals surface area contributed by atoms with Crippen molar-refractivity contribution < 1.29 is 9.53 Å². The van der Waals surface area contributed by atoms with E-state index in [-0.39, 0.29) is 5.91 Å². The summed E-state index contributed by atoms with van der Waals surface area (Å²) in [5, 5.41) is 6.27. The van der Waals surface area contributed by atoms with Crippen molar-refractivity contribution in [2.24, 2.45) is 7.05 Å². The van der Waals surface area contributed by atoms with Crippen LogP contribution in [0.3, 0.4) is 0 Å². The lowest BCUT2D eigenvalue weighted by Crippen LogP contribution is -2.33. The van der Waals surface area contributed by atoms with E-state index in [2.05, 4.69) is 23.5 Å². The van der Waals surface area contributed by atoms with Crippen molar-refractivity contribution in [3.8, 4) is 11.1 Å². The molecule has 0 bridgehead atoms. The largest absolute Gasteiger partial charge is 0.383 e. The fourth-order valence-corrected chi connectivity index (χ4v) is 3.70. The van der Waals surface area contributed by atoms with Gasteiger partial charge in [-0.15, -0.1) is 11.3 Å². The van der Waals surface area contributed by atoms with Crippen molar-refractivity contribution in [3.05, 3.63) is 64.1 Å². The van der Waals surface area contributed by atoms with Gasteiger partial charge >= 0.3 is 0 Å². The average molecular weight is 369 g/mol. The maximum absolute atomic E-state index is 13.1. The third kappa shape index (κ3) is 4.20. The summed E-state index contributed by atoms with van der Waals surface area (Å²) in [5.74, 6) is 0.0144. The standard InChI is InChI=1S/C20H23N3O2S/c1-15-7-10-26-19(15)14-23(8-9-25-3)20(24)17-6-4-5-16(11-17)18-12-21-22(2)13-18/h4-7,10-13H,8-9,14H2,1-3H3. The molecule has 0 radical (unpaired) electrons. The molecule has 2 heterocycles. The number of hydrogen-bond acceptors (Lipinski definition) is 4. The molecule has 3 aromatic rings. The SMILES string of the molecule is COCCN(Cc1sccc1C)C(=O)c1cccc(-c2cnn(C)c2)c1. The smallest absolute Gasteiger partial charge is 0.254 e. The van der Waals surface area contributed by atoms with E-state index in [1.165, 1.54) is 10.4 Å². The molecule has 0 saturated heterocycles. The Morgan fingerprint density at radius 3 is 2.81 bits per heavy atom. The maximum atomic E-state index is 13.1. The fraction of sp³-hybridized carbons (Fsp3) is 0.300. The number of carbonyl (C=O) groups is 1. The van der Waals surface area contributed by atoms with Gasteiger partial charge in [-0.2, -0.15) is 5.10 Å². The van der Waals surface area contributed by atoms with Crippen LogP contribution in [0, 0.1) is 6.92 Å². The van der Waals surface area contributed by atoms with Crippen LogP contribution in [-0.4, -0.2) is 40.8 Å². The third-order valence-electron chi connectivity index (χ3n) is 4.30. The Bertz CT molecular complexity index is 885. The summed E-state index contributed by atoms with van der Waals surface area (Å²) in [6.45, 7) is 3.75. The molecule has 1 amide bonds. The van der Waals surface area contributed by atoms with E-state index in [4.69, 9.17) is 4.74 Å². The van der Waals surface area contributed by atoms with Crippen LogP contribution in [-0.2, 0) is 18.3 Å². The first-order chi connectivity index (χ1) is 12.6. The zero-order chi connectivity index (χ0) is 18.5. The van der Waals surface area contributed by atoms with Crippen LogP contribution in [0.2, 0.25) is 0 Å². The number of aromatic nitrogens is 2. The number of hydrogen-bond donors (Lipinski definition) is 0. The van der Waals surface area contributed by atoms with E-state index in [0.29, 0.717) is 25.3 Å². The van der Waals surface area contributed by atoms with E-state index in [0.717, 1.165) is 11.1 Å². The number of amides is 1. The minimum absolute atomic E-state index is 0.0144. The van der Waals surface area contributed by atoms with Gasteiger partial charge in [0.2, 0.25) is 0 Å². The van der Waals surface area contributed by atoms with Crippen LogP contribution in [0.4, 0.5) is 0 Å². The molecule has 6 heteroatoms. The second-order valence-corrected chi connectivity index (χ2v) is 7.23. The van der Waals surface area contributed by atoms with Gasteiger partial charge in [-0.1, -0.05) is 12.1 Å². The first-order valence-corrected chi connectivity index (χ1v) is 9.36. The highest BCUT2D eigenvalue weighted by Crippen LogP contribution is 2.22. The van der Waals surface area contributed by atoms with Crippen LogP contribution in [0.15, 0.2) is 48.1 Å². The molecule has 0 N–H and O–H groups in total. The summed E-state index contributed by atoms with van der Waals surface area (Å²) >= 11 is 1.68. The molecule has 0 aliphatic carbocycles. The van der Waals surface area contributed by atoms with Gasteiger partial charge in [0.25, 0.3) is 5.91 Å². The number of nitrogens with zero attached hydrogens (tertiary/aromatic N) is 3. The van der Waals surface area contributed by atoms with Gasteiger partial charge in [0.05, 0.1) is 19.3 Å². The van der Waals surface area contributed by atoms with Crippen LogP contribution in [0.1, 0.15) is 20.8 Å². The number of ether oxygens (including phenoxy) is 1. The Morgan fingerprint density at radius 2 is 2.15 bits per heavy atom. The number of benzene rings is 1. The molecule has 1 aromatic carbocycles. The highest BCUT2D eigenvalue weighted by Gasteiger charge is 2.18. The molecule has 5 nitrogen and oxygen atoms in total. The molecule has 3 rings (SSSR count). The van der Waals surface area contributed by atoms with Crippen molar-refractivity contribution in [3.63, 3.8) is 0 Å². The van der Waals surface area contributed by atoms with Crippen LogP contribution in [0.25, 0.3) is 11.1 Å². The van der Waals surface area contributed by atoms with E-state index >= 15 is 0 Å². The van der Waals surface area contributed by atoms with E-state index in [9.17, 15) is 4.79 Å². The van der Waals surface area contributed by atoms with Gasteiger partial charge < -0.3 is 9.64 Å². The summed E-state index contributed by atoms with van der Waals surface area (Å²) in [7, 11) is 3.54. The quantitative estimate of drug-likeness (QED) is 0.637. The lowest BCUT2D eigenvalue weighted by atomic mass is 10.1. The number of carbonyl (C=O) groups excluding carboxylic acids is 1. The number of rotatable bonds is 7. The molecule has 0 aliphatic heterocycles. The fourth-order valence-electron chi connectivity index (χ4n) is 2.78. The number of aryl methyl sites for hydroxylation is 2. The normalized spacial score (nSPS) is 10.9. The lowest BCUT2D eigenvalue weighted by molar-refractivity contribution is 0.0682. The molecule has 136 valence electrons. The second kappa shape index (κ2) is 8.29. The van der Waals surface area contributed by atoms with Crippen LogP contribution >= 0.6 is 11.3 Å². The molecule has 0 saturated carbocycles. The van der Waals surface area contributed by atoms with Crippen molar-refractivity contribution in [1.82, 2.24) is 14.7 Å². The van der Waals surface area contributed by atoms with Crippen LogP contribution in [0.5, 0.6) is 0 Å². The Hall–Kier alpha value is -2.44. The van der Waals surface area contributed by atoms with E-state index < -0.39 is 0 Å². The predicted molar refractivity (Wildman–Crippen MR) is 104 cm³/mol. The molecular formula is C20H23N3O2S. The van der Waals surface area contributed by atoms with Gasteiger partial charge in [-0.05, 0) is 41.6 Å². The average Bonchev–Trinajstić information content (AvgIpc) is 3.26. The maximum Gasteiger partial charge on any atom is 0.254 e. The van der Waals surface area contributed by atoms with Crippen LogP contribution < -0.4 is 0 Å². The zero-order valence-corrected chi connectivity index (χ0v) is 16.1. The molecule has 0 atom stereocenters. The number of methoxy groups -OCH3 is 1. The van der Waals surface area contributed by atoms with Gasteiger partial charge in [-0.3, -0.25) is 9.48 Å². The minimum Gasteiger partial charge on any atom is -0.383 e. The Kier molecular flexibility index (Phi) is 5.85. The molecular weight excluding hydrogens is 346 g/mol. The predicted octanol–water partition coefficient (Wildman–Crippen LogP) is 3.75. The number of thiophene rings is 1. The molecule has 26 heavy (non-hydrogen) atoms. The molecule has 0 spiro atoms. The molecule has 0 unspecified atom stereocenters. The van der Waals surface area contributed by atoms with Gasteiger partial charge in [0, 0.05) is 42.9 Å². The van der Waals surface area contributed by atoms with Gasteiger partial charge in [0.1, 0.15) is 0 Å². The first kappa shape index (κ1) is 18.4. The van der Waals surface area contributed by atoms with Crippen molar-refractivity contribution >= 4 is 17.2 Å². The topological polar surface area (TPSA) is 47.4 Å². The second-order valence-electron chi connectivity index (χ2n) is 6.23. The lowest BCUT2D eigenvalue weighted by Gasteiger charge is -2.22. The summed E-state index contributed by atoms with van der Waals surface area (Å²) in [4.78, 5) is 16.2. The summed E-state index contributed by atoms with van der Waals surface area (Å²) < 4.78 is 6.96. The third-order valence-corrected chi connectivity index (χ3v) is 5.31. The van der Waals surface area contributed by atoms with Gasteiger partial charge in [-0.25, -0.2) is 0 Å². The Labute approximate surface area is 157 Å². The monoisotopic (exact) mass is 369 g/mol. The Balaban J connectivity index is 1.85. The summed E-state index contributed by atoms with van der Waals surface area (Å²) in [6, 6.07) is 9.79. The Morgan fingerprint density at radius 1 is 1.31 bits per heavy atom. The zero-order valence-electron chi connectivity index (χ0n) is 15.3. The van der Waals surface area contributed by atoms with Crippen molar-refractivity contribution in [2.45, 2.75) is 13.5 Å². The molecule has 0 aliphatic rings. The highest BCUT2D eigenvalue weighted by molar-refractivity contribution is 7.10. The summed E-state index contributed by atoms with van der Waals surface area (Å²) in [5.41, 5.74) is 3.88. The minimum atomic E-state index is 0.0144. The summed E-state index contributed by atoms with van der Waals surface area (Å²) in [6.07, 6.45) is 3.75. The molecule has 2 aromatic heterocycles. The van der Waals surface area contributed by atoms with Crippen molar-refractivity contribution in [2.75, 3.05) is 20.3 Å².